The highest BCUT2D eigenvalue weighted by Gasteiger charge is 2.12. The second-order valence-corrected chi connectivity index (χ2v) is 6.50. The van der Waals surface area contributed by atoms with Gasteiger partial charge in [-0.1, -0.05) is 41.9 Å². The highest BCUT2D eigenvalue weighted by molar-refractivity contribution is 6.30. The van der Waals surface area contributed by atoms with Crippen molar-refractivity contribution in [1.82, 2.24) is 15.5 Å². The van der Waals surface area contributed by atoms with Crippen molar-refractivity contribution in [2.45, 2.75) is 32.2 Å². The summed E-state index contributed by atoms with van der Waals surface area (Å²) in [7, 11) is 0. The van der Waals surface area contributed by atoms with Crippen molar-refractivity contribution in [3.05, 3.63) is 71.1 Å². The predicted molar refractivity (Wildman–Crippen MR) is 101 cm³/mol. The minimum Gasteiger partial charge on any atom is -0.421 e. The molecule has 1 heterocycles. The van der Waals surface area contributed by atoms with E-state index in [0.717, 1.165) is 11.1 Å². The van der Waals surface area contributed by atoms with Crippen LogP contribution in [0.1, 0.15) is 37.3 Å². The van der Waals surface area contributed by atoms with Crippen LogP contribution >= 0.6 is 11.6 Å². The maximum absolute atomic E-state index is 12.1. The number of halogens is 1. The number of hydrogen-bond acceptors (Lipinski definition) is 4. The van der Waals surface area contributed by atoms with Crippen LogP contribution in [-0.4, -0.2) is 16.1 Å². The predicted octanol–water partition coefficient (Wildman–Crippen LogP) is 4.59. The molecule has 0 radical (unpaired) electrons. The van der Waals surface area contributed by atoms with E-state index in [0.29, 0.717) is 36.1 Å². The SMILES string of the molecule is C[C@@H](NC(=O)CCCc1nnc(-c2ccccc2)o1)c1cccc(Cl)c1. The van der Waals surface area contributed by atoms with Gasteiger partial charge in [0.2, 0.25) is 17.7 Å². The average Bonchev–Trinajstić information content (AvgIpc) is 3.11. The number of nitrogens with one attached hydrogen (secondary N) is 1. The number of aromatic nitrogens is 2. The first-order valence-corrected chi connectivity index (χ1v) is 8.92. The Bertz CT molecular complexity index is 864. The van der Waals surface area contributed by atoms with E-state index in [9.17, 15) is 4.79 Å². The van der Waals surface area contributed by atoms with Crippen LogP contribution in [0.2, 0.25) is 5.02 Å². The van der Waals surface area contributed by atoms with Crippen molar-refractivity contribution in [2.75, 3.05) is 0 Å². The number of nitrogens with zero attached hydrogens (tertiary/aromatic N) is 2. The van der Waals surface area contributed by atoms with Gasteiger partial charge >= 0.3 is 0 Å². The van der Waals surface area contributed by atoms with Crippen LogP contribution in [0.3, 0.4) is 0 Å². The van der Waals surface area contributed by atoms with E-state index in [1.54, 1.807) is 0 Å². The lowest BCUT2D eigenvalue weighted by atomic mass is 10.1. The second-order valence-electron chi connectivity index (χ2n) is 6.06. The van der Waals surface area contributed by atoms with Gasteiger partial charge < -0.3 is 9.73 Å². The number of aryl methyl sites for hydroxylation is 1. The first-order valence-electron chi connectivity index (χ1n) is 8.54. The standard InChI is InChI=1S/C20H20ClN3O2/c1-14(16-9-5-10-17(21)13-16)22-18(25)11-6-12-19-23-24-20(26-19)15-7-3-2-4-8-15/h2-5,7-10,13-14H,6,11-12H2,1H3,(H,22,25)/t14-/m1/s1. The van der Waals surface area contributed by atoms with Crippen LogP contribution in [0.4, 0.5) is 0 Å². The molecule has 0 saturated heterocycles. The van der Waals surface area contributed by atoms with Crippen molar-refractivity contribution >= 4 is 17.5 Å². The van der Waals surface area contributed by atoms with Crippen LogP contribution in [0.5, 0.6) is 0 Å². The molecule has 2 aromatic carbocycles. The smallest absolute Gasteiger partial charge is 0.247 e. The highest BCUT2D eigenvalue weighted by atomic mass is 35.5. The van der Waals surface area contributed by atoms with Gasteiger partial charge in [-0.2, -0.15) is 0 Å². The van der Waals surface area contributed by atoms with Gasteiger partial charge in [0.25, 0.3) is 0 Å². The fraction of sp³-hybridized carbons (Fsp3) is 0.250. The fourth-order valence-corrected chi connectivity index (χ4v) is 2.82. The van der Waals surface area contributed by atoms with Crippen LogP contribution in [0.25, 0.3) is 11.5 Å². The molecule has 3 rings (SSSR count). The van der Waals surface area contributed by atoms with Crippen LogP contribution in [0.15, 0.2) is 59.0 Å². The minimum absolute atomic E-state index is 0.0136. The van der Waals surface area contributed by atoms with Crippen LogP contribution in [-0.2, 0) is 11.2 Å². The van der Waals surface area contributed by atoms with Crippen LogP contribution < -0.4 is 5.32 Å². The van der Waals surface area contributed by atoms with Gasteiger partial charge in [0.05, 0.1) is 6.04 Å². The Balaban J connectivity index is 1.46. The monoisotopic (exact) mass is 369 g/mol. The lowest BCUT2D eigenvalue weighted by Gasteiger charge is -2.14. The summed E-state index contributed by atoms with van der Waals surface area (Å²) in [6.07, 6.45) is 1.61. The summed E-state index contributed by atoms with van der Waals surface area (Å²) >= 11 is 5.99. The molecule has 1 amide bonds. The lowest BCUT2D eigenvalue weighted by Crippen LogP contribution is -2.26. The Hall–Kier alpha value is -2.66. The topological polar surface area (TPSA) is 68.0 Å². The van der Waals surface area contributed by atoms with E-state index < -0.39 is 0 Å². The van der Waals surface area contributed by atoms with E-state index in [-0.39, 0.29) is 11.9 Å². The van der Waals surface area contributed by atoms with Crippen LogP contribution in [0, 0.1) is 0 Å². The first kappa shape index (κ1) is 18.1. The molecular weight excluding hydrogens is 350 g/mol. The second kappa shape index (κ2) is 8.63. The molecule has 5 nitrogen and oxygen atoms in total. The highest BCUT2D eigenvalue weighted by Crippen LogP contribution is 2.19. The van der Waals surface area contributed by atoms with Crippen molar-refractivity contribution in [3.8, 4) is 11.5 Å². The molecule has 1 aromatic heterocycles. The van der Waals surface area contributed by atoms with E-state index >= 15 is 0 Å². The van der Waals surface area contributed by atoms with Crippen molar-refractivity contribution in [2.24, 2.45) is 0 Å². The molecule has 0 aliphatic rings. The Morgan fingerprint density at radius 3 is 2.73 bits per heavy atom. The van der Waals surface area contributed by atoms with Gasteiger partial charge in [0.15, 0.2) is 0 Å². The fourth-order valence-electron chi connectivity index (χ4n) is 2.63. The summed E-state index contributed by atoms with van der Waals surface area (Å²) in [5.74, 6) is 1.03. The number of rotatable bonds is 7. The quantitative estimate of drug-likeness (QED) is 0.661. The summed E-state index contributed by atoms with van der Waals surface area (Å²) in [6, 6.07) is 17.0. The zero-order chi connectivity index (χ0) is 18.4. The normalized spacial score (nSPS) is 11.9. The van der Waals surface area contributed by atoms with Crippen molar-refractivity contribution in [3.63, 3.8) is 0 Å². The summed E-state index contributed by atoms with van der Waals surface area (Å²) < 4.78 is 5.65. The largest absolute Gasteiger partial charge is 0.421 e. The third kappa shape index (κ3) is 4.92. The minimum atomic E-state index is -0.0886. The van der Waals surface area contributed by atoms with Gasteiger partial charge in [-0.25, -0.2) is 0 Å². The molecule has 0 bridgehead atoms. The van der Waals surface area contributed by atoms with Crippen molar-refractivity contribution in [1.29, 1.82) is 0 Å². The lowest BCUT2D eigenvalue weighted by molar-refractivity contribution is -0.121. The molecule has 0 unspecified atom stereocenters. The molecule has 1 N–H and O–H groups in total. The zero-order valence-corrected chi connectivity index (χ0v) is 15.2. The van der Waals surface area contributed by atoms with Gasteiger partial charge in [-0.15, -0.1) is 10.2 Å². The molecule has 0 spiro atoms. The summed E-state index contributed by atoms with van der Waals surface area (Å²) in [6.45, 7) is 1.94. The zero-order valence-electron chi connectivity index (χ0n) is 14.5. The number of amides is 1. The van der Waals surface area contributed by atoms with Gasteiger partial charge in [0, 0.05) is 23.4 Å². The molecular formula is C20H20ClN3O2. The molecule has 0 aliphatic heterocycles. The van der Waals surface area contributed by atoms with E-state index in [1.807, 2.05) is 61.5 Å². The van der Waals surface area contributed by atoms with Gasteiger partial charge in [0.1, 0.15) is 0 Å². The molecule has 0 fully saturated rings. The average molecular weight is 370 g/mol. The molecule has 134 valence electrons. The third-order valence-electron chi connectivity index (χ3n) is 4.01. The molecule has 0 aliphatic carbocycles. The summed E-state index contributed by atoms with van der Waals surface area (Å²) in [5, 5.41) is 11.7. The summed E-state index contributed by atoms with van der Waals surface area (Å²) in [5.41, 5.74) is 1.87. The number of carbonyl (C=O) groups excluding carboxylic acids is 1. The number of carbonyl (C=O) groups is 1. The Morgan fingerprint density at radius 2 is 1.96 bits per heavy atom. The first-order chi connectivity index (χ1) is 12.6. The molecule has 3 aromatic rings. The third-order valence-corrected chi connectivity index (χ3v) is 4.24. The molecule has 6 heteroatoms. The number of hydrogen-bond donors (Lipinski definition) is 1. The van der Waals surface area contributed by atoms with E-state index in [1.165, 1.54) is 0 Å². The Morgan fingerprint density at radius 1 is 1.15 bits per heavy atom. The molecule has 26 heavy (non-hydrogen) atoms. The Kier molecular flexibility index (Phi) is 6.02. The molecule has 0 saturated carbocycles. The van der Waals surface area contributed by atoms with Gasteiger partial charge in [-0.3, -0.25) is 4.79 Å². The summed E-state index contributed by atoms with van der Waals surface area (Å²) in [4.78, 5) is 12.1. The van der Waals surface area contributed by atoms with Gasteiger partial charge in [-0.05, 0) is 43.2 Å². The molecule has 1 atom stereocenters. The Labute approximate surface area is 157 Å². The maximum atomic E-state index is 12.1. The number of benzene rings is 2. The van der Waals surface area contributed by atoms with E-state index in [2.05, 4.69) is 15.5 Å². The maximum Gasteiger partial charge on any atom is 0.247 e. The van der Waals surface area contributed by atoms with E-state index in [4.69, 9.17) is 16.0 Å². The van der Waals surface area contributed by atoms with Crippen molar-refractivity contribution < 1.29 is 9.21 Å².